The largest absolute Gasteiger partial charge is 0.339 e. The molecule has 2 aromatic heterocycles. The first-order valence-electron chi connectivity index (χ1n) is 8.17. The Morgan fingerprint density at radius 3 is 2.79 bits per heavy atom. The fourth-order valence-corrected chi connectivity index (χ4v) is 2.47. The van der Waals surface area contributed by atoms with Gasteiger partial charge in [0.05, 0.1) is 0 Å². The number of benzene rings is 1. The Hall–Kier alpha value is -2.54. The van der Waals surface area contributed by atoms with E-state index < -0.39 is 0 Å². The highest BCUT2D eigenvalue weighted by atomic mass is 16.5. The highest BCUT2D eigenvalue weighted by Crippen LogP contribution is 2.39. The SMILES string of the molecule is CNC(C)Cc1noc(-c2cccc(-c3noc(C4CC4)n3)c2)n1. The summed E-state index contributed by atoms with van der Waals surface area (Å²) in [6.07, 6.45) is 2.99. The van der Waals surface area contributed by atoms with Crippen molar-refractivity contribution in [2.75, 3.05) is 7.05 Å². The molecule has 0 radical (unpaired) electrons. The average molecular weight is 325 g/mol. The minimum Gasteiger partial charge on any atom is -0.339 e. The Morgan fingerprint density at radius 1 is 1.17 bits per heavy atom. The molecule has 0 spiro atoms. The normalized spacial score (nSPS) is 15.6. The molecular weight excluding hydrogens is 306 g/mol. The number of hydrogen-bond acceptors (Lipinski definition) is 7. The summed E-state index contributed by atoms with van der Waals surface area (Å²) in [6.45, 7) is 2.07. The maximum Gasteiger partial charge on any atom is 0.257 e. The lowest BCUT2D eigenvalue weighted by Crippen LogP contribution is -2.24. The van der Waals surface area contributed by atoms with Gasteiger partial charge in [0, 0.05) is 29.5 Å². The lowest BCUT2D eigenvalue weighted by Gasteiger charge is -2.04. The molecule has 0 amide bonds. The molecule has 3 aromatic rings. The molecule has 1 aromatic carbocycles. The fraction of sp³-hybridized carbons (Fsp3) is 0.412. The summed E-state index contributed by atoms with van der Waals surface area (Å²) in [6, 6.07) is 8.05. The fourth-order valence-electron chi connectivity index (χ4n) is 2.47. The van der Waals surface area contributed by atoms with E-state index in [1.807, 2.05) is 31.3 Å². The highest BCUT2D eigenvalue weighted by molar-refractivity contribution is 5.64. The van der Waals surface area contributed by atoms with Gasteiger partial charge in [-0.2, -0.15) is 9.97 Å². The summed E-state index contributed by atoms with van der Waals surface area (Å²) < 4.78 is 10.7. The van der Waals surface area contributed by atoms with Crippen LogP contribution in [0.3, 0.4) is 0 Å². The standard InChI is InChI=1S/C17H19N5O2/c1-10(18-2)8-14-19-17(23-21-14)13-5-3-4-12(9-13)15-20-16(24-22-15)11-6-7-11/h3-5,9-11,18H,6-8H2,1-2H3. The van der Waals surface area contributed by atoms with Crippen LogP contribution in [0, 0.1) is 0 Å². The molecule has 1 N–H and O–H groups in total. The number of nitrogens with one attached hydrogen (secondary N) is 1. The van der Waals surface area contributed by atoms with Gasteiger partial charge in [0.2, 0.25) is 11.7 Å². The smallest absolute Gasteiger partial charge is 0.257 e. The van der Waals surface area contributed by atoms with E-state index in [2.05, 4.69) is 32.5 Å². The van der Waals surface area contributed by atoms with Gasteiger partial charge in [0.1, 0.15) is 0 Å². The monoisotopic (exact) mass is 325 g/mol. The second kappa shape index (κ2) is 6.16. The first-order chi connectivity index (χ1) is 11.7. The van der Waals surface area contributed by atoms with E-state index in [-0.39, 0.29) is 0 Å². The van der Waals surface area contributed by atoms with Gasteiger partial charge in [-0.15, -0.1) is 0 Å². The number of hydrogen-bond donors (Lipinski definition) is 1. The van der Waals surface area contributed by atoms with Crippen molar-refractivity contribution < 1.29 is 9.05 Å². The molecule has 7 heteroatoms. The molecule has 1 saturated carbocycles. The van der Waals surface area contributed by atoms with Crippen LogP contribution < -0.4 is 5.32 Å². The molecule has 1 atom stereocenters. The zero-order valence-corrected chi connectivity index (χ0v) is 13.7. The van der Waals surface area contributed by atoms with Crippen LogP contribution in [0.2, 0.25) is 0 Å². The van der Waals surface area contributed by atoms with Crippen molar-refractivity contribution in [3.8, 4) is 22.8 Å². The van der Waals surface area contributed by atoms with Crippen LogP contribution in [0.25, 0.3) is 22.8 Å². The van der Waals surface area contributed by atoms with Gasteiger partial charge in [-0.3, -0.25) is 0 Å². The third kappa shape index (κ3) is 3.07. The Balaban J connectivity index is 1.57. The lowest BCUT2D eigenvalue weighted by atomic mass is 10.1. The minimum absolute atomic E-state index is 0.293. The van der Waals surface area contributed by atoms with Crippen molar-refractivity contribution in [2.24, 2.45) is 0 Å². The predicted molar refractivity (Wildman–Crippen MR) is 87.2 cm³/mol. The molecule has 0 bridgehead atoms. The number of nitrogens with zero attached hydrogens (tertiary/aromatic N) is 4. The van der Waals surface area contributed by atoms with Crippen molar-refractivity contribution in [2.45, 2.75) is 38.1 Å². The van der Waals surface area contributed by atoms with Gasteiger partial charge in [-0.25, -0.2) is 0 Å². The maximum absolute atomic E-state index is 5.39. The van der Waals surface area contributed by atoms with Crippen molar-refractivity contribution in [1.29, 1.82) is 0 Å². The van der Waals surface area contributed by atoms with Crippen LogP contribution in [-0.4, -0.2) is 33.4 Å². The van der Waals surface area contributed by atoms with E-state index in [0.717, 1.165) is 36.3 Å². The van der Waals surface area contributed by atoms with Crippen LogP contribution >= 0.6 is 0 Å². The van der Waals surface area contributed by atoms with Gasteiger partial charge >= 0.3 is 0 Å². The maximum atomic E-state index is 5.39. The van der Waals surface area contributed by atoms with Gasteiger partial charge in [0.25, 0.3) is 5.89 Å². The molecular formula is C17H19N5O2. The summed E-state index contributed by atoms with van der Waals surface area (Å²) in [5, 5.41) is 11.3. The quantitative estimate of drug-likeness (QED) is 0.745. The molecule has 124 valence electrons. The number of likely N-dealkylation sites (N-methyl/N-ethyl adjacent to an activating group) is 1. The summed E-state index contributed by atoms with van der Waals surface area (Å²) in [4.78, 5) is 8.94. The topological polar surface area (TPSA) is 89.9 Å². The Bertz CT molecular complexity index is 837. The van der Waals surface area contributed by atoms with E-state index in [9.17, 15) is 0 Å². The summed E-state index contributed by atoms with van der Waals surface area (Å²) in [5.74, 6) is 2.97. The molecule has 1 aliphatic carbocycles. The molecule has 1 unspecified atom stereocenters. The van der Waals surface area contributed by atoms with Gasteiger partial charge in [-0.1, -0.05) is 22.4 Å². The number of rotatable bonds is 6. The first-order valence-corrected chi connectivity index (χ1v) is 8.17. The van der Waals surface area contributed by atoms with Gasteiger partial charge in [-0.05, 0) is 38.9 Å². The highest BCUT2D eigenvalue weighted by Gasteiger charge is 2.29. The molecule has 0 saturated heterocycles. The van der Waals surface area contributed by atoms with Crippen molar-refractivity contribution >= 4 is 0 Å². The molecule has 1 fully saturated rings. The van der Waals surface area contributed by atoms with E-state index in [0.29, 0.717) is 29.5 Å². The van der Waals surface area contributed by atoms with E-state index in [1.165, 1.54) is 0 Å². The second-order valence-corrected chi connectivity index (χ2v) is 6.22. The molecule has 7 nitrogen and oxygen atoms in total. The Labute approximate surface area is 139 Å². The van der Waals surface area contributed by atoms with Crippen molar-refractivity contribution in [3.05, 3.63) is 36.0 Å². The molecule has 2 heterocycles. The van der Waals surface area contributed by atoms with Gasteiger partial charge < -0.3 is 14.4 Å². The van der Waals surface area contributed by atoms with Crippen LogP contribution in [0.1, 0.15) is 37.4 Å². The predicted octanol–water partition coefficient (Wildman–Crippen LogP) is 2.81. The van der Waals surface area contributed by atoms with Crippen LogP contribution in [-0.2, 0) is 6.42 Å². The molecule has 24 heavy (non-hydrogen) atoms. The van der Waals surface area contributed by atoms with Crippen molar-refractivity contribution in [1.82, 2.24) is 25.6 Å². The molecule has 4 rings (SSSR count). The van der Waals surface area contributed by atoms with Crippen LogP contribution in [0.15, 0.2) is 33.3 Å². The zero-order chi connectivity index (χ0) is 16.5. The molecule has 0 aliphatic heterocycles. The van der Waals surface area contributed by atoms with Gasteiger partial charge in [0.15, 0.2) is 5.82 Å². The summed E-state index contributed by atoms with van der Waals surface area (Å²) in [7, 11) is 1.91. The molecule has 1 aliphatic rings. The Kier molecular flexibility index (Phi) is 3.86. The van der Waals surface area contributed by atoms with Crippen LogP contribution in [0.5, 0.6) is 0 Å². The van der Waals surface area contributed by atoms with E-state index in [4.69, 9.17) is 9.05 Å². The summed E-state index contributed by atoms with van der Waals surface area (Å²) in [5.41, 5.74) is 1.73. The lowest BCUT2D eigenvalue weighted by molar-refractivity contribution is 0.380. The van der Waals surface area contributed by atoms with Crippen LogP contribution in [0.4, 0.5) is 0 Å². The third-order valence-electron chi connectivity index (χ3n) is 4.19. The Morgan fingerprint density at radius 2 is 2.00 bits per heavy atom. The third-order valence-corrected chi connectivity index (χ3v) is 4.19. The zero-order valence-electron chi connectivity index (χ0n) is 13.7. The van der Waals surface area contributed by atoms with E-state index in [1.54, 1.807) is 0 Å². The average Bonchev–Trinajstić information content (AvgIpc) is 3.16. The van der Waals surface area contributed by atoms with E-state index >= 15 is 0 Å². The summed E-state index contributed by atoms with van der Waals surface area (Å²) >= 11 is 0. The second-order valence-electron chi connectivity index (χ2n) is 6.22. The first kappa shape index (κ1) is 15.0. The van der Waals surface area contributed by atoms with Crippen molar-refractivity contribution in [3.63, 3.8) is 0 Å². The number of aromatic nitrogens is 4. The minimum atomic E-state index is 0.293.